The lowest BCUT2D eigenvalue weighted by atomic mass is 10.1. The zero-order valence-electron chi connectivity index (χ0n) is 28.9. The number of hydrogen-bond donors (Lipinski definition) is 1. The maximum Gasteiger partial charge on any atom is 0.306 e. The highest BCUT2D eigenvalue weighted by molar-refractivity contribution is 5.70. The van der Waals surface area contributed by atoms with Crippen LogP contribution in [0, 0.1) is 0 Å². The molecule has 0 aromatic rings. The van der Waals surface area contributed by atoms with Crippen molar-refractivity contribution in [2.45, 2.75) is 187 Å². The van der Waals surface area contributed by atoms with Crippen LogP contribution in [0.1, 0.15) is 181 Å². The number of ether oxygens (including phenoxy) is 2. The van der Waals surface area contributed by atoms with Gasteiger partial charge in [0.15, 0.2) is 6.10 Å². The Kier molecular flexibility index (Phi) is 34.1. The van der Waals surface area contributed by atoms with E-state index in [1.807, 2.05) is 0 Å². The zero-order chi connectivity index (χ0) is 32.2. The summed E-state index contributed by atoms with van der Waals surface area (Å²) in [6.07, 6.45) is 42.0. The molecule has 0 aromatic heterocycles. The van der Waals surface area contributed by atoms with E-state index in [2.05, 4.69) is 50.3 Å². The van der Waals surface area contributed by atoms with Gasteiger partial charge in [-0.15, -0.1) is 0 Å². The Morgan fingerprint density at radius 1 is 0.523 bits per heavy atom. The Morgan fingerprint density at radius 3 is 1.36 bits per heavy atom. The van der Waals surface area contributed by atoms with Crippen molar-refractivity contribution in [2.24, 2.45) is 0 Å². The smallest absolute Gasteiger partial charge is 0.306 e. The lowest BCUT2D eigenvalue weighted by Gasteiger charge is -2.15. The standard InChI is InChI=1S/C39H70O5/c1-3-5-7-9-11-13-14-15-16-17-18-19-20-21-22-23-24-26-28-30-32-34-39(42)44-37(35-40)36-43-38(41)33-31-29-27-25-12-10-8-6-4-2/h14-15,17-18,20-21,37,40H,3-13,16,19,22-36H2,1-2H3/b15-14-,18-17-,21-20-. The summed E-state index contributed by atoms with van der Waals surface area (Å²) < 4.78 is 10.5. The van der Waals surface area contributed by atoms with Gasteiger partial charge in [0.1, 0.15) is 6.61 Å². The maximum absolute atomic E-state index is 12.1. The van der Waals surface area contributed by atoms with Crippen LogP contribution in [-0.2, 0) is 19.1 Å². The van der Waals surface area contributed by atoms with Crippen molar-refractivity contribution in [3.05, 3.63) is 36.5 Å². The molecule has 0 aliphatic heterocycles. The molecule has 0 aromatic carbocycles. The van der Waals surface area contributed by atoms with E-state index in [9.17, 15) is 14.7 Å². The van der Waals surface area contributed by atoms with Crippen molar-refractivity contribution in [3.63, 3.8) is 0 Å². The molecule has 0 aliphatic carbocycles. The molecule has 1 atom stereocenters. The highest BCUT2D eigenvalue weighted by Crippen LogP contribution is 2.12. The number of rotatable bonds is 33. The number of allylic oxidation sites excluding steroid dienone is 6. The van der Waals surface area contributed by atoms with Gasteiger partial charge in [0.25, 0.3) is 0 Å². The zero-order valence-corrected chi connectivity index (χ0v) is 28.9. The van der Waals surface area contributed by atoms with Gasteiger partial charge in [-0.1, -0.05) is 153 Å². The molecule has 0 bridgehead atoms. The molecule has 0 saturated heterocycles. The molecule has 0 aliphatic rings. The van der Waals surface area contributed by atoms with E-state index in [4.69, 9.17) is 9.47 Å². The monoisotopic (exact) mass is 619 g/mol. The van der Waals surface area contributed by atoms with Gasteiger partial charge in [-0.2, -0.15) is 0 Å². The summed E-state index contributed by atoms with van der Waals surface area (Å²) in [5.41, 5.74) is 0. The fourth-order valence-electron chi connectivity index (χ4n) is 5.09. The Morgan fingerprint density at radius 2 is 0.909 bits per heavy atom. The van der Waals surface area contributed by atoms with Crippen LogP contribution in [0.2, 0.25) is 0 Å². The Hall–Kier alpha value is -1.88. The highest BCUT2D eigenvalue weighted by Gasteiger charge is 2.16. The second-order valence-corrected chi connectivity index (χ2v) is 12.3. The first-order valence-electron chi connectivity index (χ1n) is 18.5. The van der Waals surface area contributed by atoms with Gasteiger partial charge in [0.05, 0.1) is 6.61 Å². The first kappa shape index (κ1) is 42.1. The van der Waals surface area contributed by atoms with Crippen molar-refractivity contribution in [1.29, 1.82) is 0 Å². The summed E-state index contributed by atoms with van der Waals surface area (Å²) in [7, 11) is 0. The predicted octanol–water partition coefficient (Wildman–Crippen LogP) is 11.3. The van der Waals surface area contributed by atoms with E-state index >= 15 is 0 Å². The van der Waals surface area contributed by atoms with Crippen LogP contribution in [0.5, 0.6) is 0 Å². The first-order valence-corrected chi connectivity index (χ1v) is 18.5. The van der Waals surface area contributed by atoms with E-state index in [0.29, 0.717) is 12.8 Å². The van der Waals surface area contributed by atoms with E-state index < -0.39 is 6.10 Å². The van der Waals surface area contributed by atoms with Gasteiger partial charge in [0.2, 0.25) is 0 Å². The quantitative estimate of drug-likeness (QED) is 0.0450. The average molecular weight is 619 g/mol. The summed E-state index contributed by atoms with van der Waals surface area (Å²) in [6.45, 7) is 4.08. The van der Waals surface area contributed by atoms with E-state index in [0.717, 1.165) is 57.8 Å². The average Bonchev–Trinajstić information content (AvgIpc) is 3.02. The fourth-order valence-corrected chi connectivity index (χ4v) is 5.09. The van der Waals surface area contributed by atoms with Gasteiger partial charge >= 0.3 is 11.9 Å². The van der Waals surface area contributed by atoms with Crippen LogP contribution in [0.4, 0.5) is 0 Å². The highest BCUT2D eigenvalue weighted by atomic mass is 16.6. The van der Waals surface area contributed by atoms with Gasteiger partial charge in [-0.3, -0.25) is 9.59 Å². The van der Waals surface area contributed by atoms with Crippen LogP contribution in [0.3, 0.4) is 0 Å². The third-order valence-corrected chi connectivity index (χ3v) is 7.94. The molecule has 0 spiro atoms. The number of hydrogen-bond acceptors (Lipinski definition) is 5. The maximum atomic E-state index is 12.1. The lowest BCUT2D eigenvalue weighted by molar-refractivity contribution is -0.161. The molecule has 0 saturated carbocycles. The largest absolute Gasteiger partial charge is 0.462 e. The Labute approximate surface area is 272 Å². The van der Waals surface area contributed by atoms with Gasteiger partial charge in [0, 0.05) is 12.8 Å². The van der Waals surface area contributed by atoms with Crippen molar-refractivity contribution in [1.82, 2.24) is 0 Å². The number of esters is 2. The summed E-state index contributed by atoms with van der Waals surface area (Å²) in [5.74, 6) is -0.608. The van der Waals surface area contributed by atoms with E-state index in [1.54, 1.807) is 0 Å². The summed E-state index contributed by atoms with van der Waals surface area (Å²) in [6, 6.07) is 0. The SMILES string of the molecule is CCCCCCC/C=C\C/C=C\C/C=C\CCCCCCCCC(=O)OC(CO)COC(=O)CCCCCCCCCCC. The summed E-state index contributed by atoms with van der Waals surface area (Å²) in [5, 5.41) is 9.51. The molecule has 256 valence electrons. The molecule has 0 heterocycles. The predicted molar refractivity (Wildman–Crippen MR) is 187 cm³/mol. The van der Waals surface area contributed by atoms with E-state index in [-0.39, 0.29) is 25.2 Å². The van der Waals surface area contributed by atoms with E-state index in [1.165, 1.54) is 96.3 Å². The second kappa shape index (κ2) is 35.6. The lowest BCUT2D eigenvalue weighted by Crippen LogP contribution is -2.28. The molecule has 5 heteroatoms. The number of aliphatic hydroxyl groups excluding tert-OH is 1. The third kappa shape index (κ3) is 33.0. The molecule has 1 N–H and O–H groups in total. The topological polar surface area (TPSA) is 72.8 Å². The minimum absolute atomic E-state index is 0.0696. The normalized spacial score (nSPS) is 12.5. The summed E-state index contributed by atoms with van der Waals surface area (Å²) >= 11 is 0. The Bertz CT molecular complexity index is 711. The van der Waals surface area contributed by atoms with Crippen molar-refractivity contribution in [2.75, 3.05) is 13.2 Å². The van der Waals surface area contributed by atoms with Crippen LogP contribution >= 0.6 is 0 Å². The first-order chi connectivity index (χ1) is 21.6. The molecular formula is C39H70O5. The van der Waals surface area contributed by atoms with Crippen LogP contribution in [0.15, 0.2) is 36.5 Å². The second-order valence-electron chi connectivity index (χ2n) is 12.3. The Balaban J connectivity index is 3.59. The third-order valence-electron chi connectivity index (χ3n) is 7.94. The molecule has 0 radical (unpaired) electrons. The van der Waals surface area contributed by atoms with Gasteiger partial charge in [-0.25, -0.2) is 0 Å². The van der Waals surface area contributed by atoms with Crippen LogP contribution < -0.4 is 0 Å². The fraction of sp³-hybridized carbons (Fsp3) is 0.795. The summed E-state index contributed by atoms with van der Waals surface area (Å²) in [4.78, 5) is 24.1. The molecule has 0 fully saturated rings. The van der Waals surface area contributed by atoms with Crippen molar-refractivity contribution in [3.8, 4) is 0 Å². The van der Waals surface area contributed by atoms with Crippen LogP contribution in [-0.4, -0.2) is 36.4 Å². The van der Waals surface area contributed by atoms with Gasteiger partial charge in [-0.05, 0) is 51.4 Å². The number of aliphatic hydroxyl groups is 1. The number of carbonyl (C=O) groups is 2. The van der Waals surface area contributed by atoms with Crippen molar-refractivity contribution >= 4 is 11.9 Å². The molecular weight excluding hydrogens is 548 g/mol. The molecule has 0 amide bonds. The van der Waals surface area contributed by atoms with Gasteiger partial charge < -0.3 is 14.6 Å². The minimum Gasteiger partial charge on any atom is -0.462 e. The molecule has 1 unspecified atom stereocenters. The van der Waals surface area contributed by atoms with Crippen LogP contribution in [0.25, 0.3) is 0 Å². The number of carbonyl (C=O) groups excluding carboxylic acids is 2. The molecule has 5 nitrogen and oxygen atoms in total. The number of unbranched alkanes of at least 4 members (excludes halogenated alkanes) is 19. The minimum atomic E-state index is -0.773. The molecule has 44 heavy (non-hydrogen) atoms. The molecule has 0 rings (SSSR count). The van der Waals surface area contributed by atoms with Crippen molar-refractivity contribution < 1.29 is 24.2 Å².